The number of halogens is 6. The predicted octanol–water partition coefficient (Wildman–Crippen LogP) is 6.47. The highest BCUT2D eigenvalue weighted by atomic mass is 32.2. The Morgan fingerprint density at radius 2 is 0.952 bits per heavy atom. The molecular weight excluding hydrogens is 655 g/mol. The Kier molecular flexibility index (Phi) is 10.3. The van der Waals surface area contributed by atoms with Crippen LogP contribution in [0, 0.1) is 0 Å². The van der Waals surface area contributed by atoms with Crippen molar-refractivity contribution in [2.75, 3.05) is 12.5 Å². The van der Waals surface area contributed by atoms with Crippen molar-refractivity contribution in [1.29, 1.82) is 0 Å². The predicted molar refractivity (Wildman–Crippen MR) is 145 cm³/mol. The van der Waals surface area contributed by atoms with Crippen LogP contribution in [0.1, 0.15) is 11.1 Å². The Bertz CT molecular complexity index is 1570. The quantitative estimate of drug-likeness (QED) is 0.104. The van der Waals surface area contributed by atoms with E-state index in [-0.39, 0.29) is 0 Å². The van der Waals surface area contributed by atoms with Gasteiger partial charge in [0, 0.05) is 20.9 Å². The fourth-order valence-electron chi connectivity index (χ4n) is 3.08. The summed E-state index contributed by atoms with van der Waals surface area (Å²) in [7, 11) is -10.3. The zero-order chi connectivity index (χ0) is 31.3. The molecule has 0 fully saturated rings. The highest BCUT2D eigenvalue weighted by Gasteiger charge is 2.39. The van der Waals surface area contributed by atoms with Crippen LogP contribution in [-0.4, -0.2) is 53.1 Å². The largest absolute Gasteiger partial charge is 0.437 e. The molecule has 0 bridgehead atoms. The Morgan fingerprint density at radius 1 is 0.619 bits per heavy atom. The summed E-state index contributed by atoms with van der Waals surface area (Å²) in [5.41, 5.74) is -4.40. The molecule has 0 aliphatic carbocycles. The average molecular weight is 673 g/mol. The highest BCUT2D eigenvalue weighted by molar-refractivity contribution is 7.98. The molecule has 3 aromatic rings. The minimum absolute atomic E-state index is 0.400. The lowest BCUT2D eigenvalue weighted by molar-refractivity contribution is -0.0606. The summed E-state index contributed by atoms with van der Waals surface area (Å²) in [6.45, 7) is 0. The van der Waals surface area contributed by atoms with Gasteiger partial charge in [0.15, 0.2) is 11.4 Å². The molecule has 8 nitrogen and oxygen atoms in total. The highest BCUT2D eigenvalue weighted by Crippen LogP contribution is 2.28. The van der Waals surface area contributed by atoms with E-state index in [9.17, 15) is 43.2 Å². The zero-order valence-corrected chi connectivity index (χ0v) is 24.4. The minimum atomic E-state index is -5.15. The maximum atomic E-state index is 13.6. The van der Waals surface area contributed by atoms with Crippen LogP contribution in [0.25, 0.3) is 0 Å². The lowest BCUT2D eigenvalue weighted by Crippen LogP contribution is -2.25. The van der Waals surface area contributed by atoms with Gasteiger partial charge in [-0.2, -0.15) is 43.2 Å². The molecule has 0 radical (unpaired) electrons. The van der Waals surface area contributed by atoms with Gasteiger partial charge in [-0.05, 0) is 55.0 Å². The zero-order valence-electron chi connectivity index (χ0n) is 21.2. The number of nitrogens with zero attached hydrogens (tertiary/aromatic N) is 2. The van der Waals surface area contributed by atoms with Crippen molar-refractivity contribution >= 4 is 55.2 Å². The number of hydrogen-bond acceptors (Lipinski definition) is 10. The second-order valence-corrected chi connectivity index (χ2v) is 12.7. The fraction of sp³-hybridized carbons (Fsp3) is 0.167. The minimum Gasteiger partial charge on any atom is -0.264 e. The van der Waals surface area contributed by atoms with E-state index >= 15 is 0 Å². The first-order valence-electron chi connectivity index (χ1n) is 11.0. The lowest BCUT2D eigenvalue weighted by Gasteiger charge is -2.12. The molecule has 0 aliphatic rings. The average Bonchev–Trinajstić information content (AvgIpc) is 2.92. The Morgan fingerprint density at radius 3 is 1.24 bits per heavy atom. The van der Waals surface area contributed by atoms with Crippen LogP contribution in [-0.2, 0) is 28.8 Å². The van der Waals surface area contributed by atoms with Crippen LogP contribution in [0.5, 0.6) is 0 Å². The summed E-state index contributed by atoms with van der Waals surface area (Å²) in [4.78, 5) is -0.728. The molecule has 0 aromatic heterocycles. The maximum Gasteiger partial charge on any atom is 0.437 e. The van der Waals surface area contributed by atoms with Crippen LogP contribution < -0.4 is 0 Å². The Hall–Kier alpha value is -3.22. The van der Waals surface area contributed by atoms with Crippen LogP contribution in [0.3, 0.4) is 0 Å². The molecule has 0 amide bonds. The van der Waals surface area contributed by atoms with Crippen molar-refractivity contribution in [3.8, 4) is 0 Å². The van der Waals surface area contributed by atoms with E-state index in [1.165, 1.54) is 47.8 Å². The van der Waals surface area contributed by atoms with Gasteiger partial charge >= 0.3 is 32.6 Å². The second kappa shape index (κ2) is 13.0. The van der Waals surface area contributed by atoms with Crippen LogP contribution in [0.4, 0.5) is 26.3 Å². The second-order valence-electron chi connectivity index (χ2n) is 7.86. The van der Waals surface area contributed by atoms with E-state index in [1.807, 2.05) is 0 Å². The van der Waals surface area contributed by atoms with Gasteiger partial charge in [0.25, 0.3) is 0 Å². The monoisotopic (exact) mass is 672 g/mol. The molecule has 3 aromatic carbocycles. The van der Waals surface area contributed by atoms with E-state index in [4.69, 9.17) is 0 Å². The first kappa shape index (κ1) is 33.3. The molecule has 0 saturated carbocycles. The third-order valence-electron chi connectivity index (χ3n) is 5.10. The first-order chi connectivity index (χ1) is 19.5. The van der Waals surface area contributed by atoms with Crippen molar-refractivity contribution in [1.82, 2.24) is 0 Å². The molecule has 226 valence electrons. The smallest absolute Gasteiger partial charge is 0.264 e. The molecule has 18 heteroatoms. The summed E-state index contributed by atoms with van der Waals surface area (Å²) < 4.78 is 140. The summed E-state index contributed by atoms with van der Waals surface area (Å²) in [6.07, 6.45) is -6.90. The van der Waals surface area contributed by atoms with Gasteiger partial charge in [-0.1, -0.05) is 40.6 Å². The molecular formula is C24H18F6N2O6S4. The number of thioether (sulfide) groups is 2. The van der Waals surface area contributed by atoms with Crippen molar-refractivity contribution < 1.29 is 51.7 Å². The SMILES string of the molecule is CSc1ccc(/C(=N/OS(=O)(=O)c2cccc(S(=O)(=O)O/N=C(/c3ccc(SC)cc3)C(F)(F)F)c2)C(F)(F)F)cc1. The Balaban J connectivity index is 1.92. The van der Waals surface area contributed by atoms with Crippen molar-refractivity contribution in [3.63, 3.8) is 0 Å². The number of benzene rings is 3. The molecule has 0 heterocycles. The number of alkyl halides is 6. The molecule has 0 unspecified atom stereocenters. The molecule has 0 N–H and O–H groups in total. The summed E-state index contributed by atoms with van der Waals surface area (Å²) in [6, 6.07) is 12.3. The van der Waals surface area contributed by atoms with Gasteiger partial charge in [-0.15, -0.1) is 23.5 Å². The molecule has 0 spiro atoms. The lowest BCUT2D eigenvalue weighted by atomic mass is 10.1. The summed E-state index contributed by atoms with van der Waals surface area (Å²) in [5.74, 6) is 0. The van der Waals surface area contributed by atoms with Crippen LogP contribution >= 0.6 is 23.5 Å². The first-order valence-corrected chi connectivity index (χ1v) is 16.3. The van der Waals surface area contributed by atoms with E-state index in [0.29, 0.717) is 15.9 Å². The number of oxime groups is 2. The maximum absolute atomic E-state index is 13.6. The molecule has 3 rings (SSSR count). The van der Waals surface area contributed by atoms with Crippen LogP contribution in [0.15, 0.2) is 103 Å². The van der Waals surface area contributed by atoms with E-state index in [2.05, 4.69) is 18.9 Å². The number of rotatable bonds is 10. The van der Waals surface area contributed by atoms with Gasteiger partial charge < -0.3 is 0 Å². The van der Waals surface area contributed by atoms with Crippen LogP contribution in [0.2, 0.25) is 0 Å². The molecule has 42 heavy (non-hydrogen) atoms. The topological polar surface area (TPSA) is 111 Å². The summed E-state index contributed by atoms with van der Waals surface area (Å²) in [5, 5.41) is 5.52. The van der Waals surface area contributed by atoms with Gasteiger partial charge in [0.1, 0.15) is 9.79 Å². The Labute approximate surface area is 245 Å². The van der Waals surface area contributed by atoms with E-state index in [1.54, 1.807) is 12.5 Å². The molecule has 0 atom stereocenters. The van der Waals surface area contributed by atoms with Gasteiger partial charge in [-0.25, -0.2) is 0 Å². The summed E-state index contributed by atoms with van der Waals surface area (Å²) >= 11 is 2.50. The van der Waals surface area contributed by atoms with E-state index < -0.39 is 64.9 Å². The van der Waals surface area contributed by atoms with Crippen molar-refractivity contribution in [3.05, 3.63) is 83.9 Å². The third-order valence-corrected chi connectivity index (χ3v) is 8.79. The van der Waals surface area contributed by atoms with Gasteiger partial charge in [-0.3, -0.25) is 8.57 Å². The molecule has 0 aliphatic heterocycles. The number of hydrogen-bond donors (Lipinski definition) is 0. The van der Waals surface area contributed by atoms with Crippen molar-refractivity contribution in [2.45, 2.75) is 31.9 Å². The molecule has 0 saturated heterocycles. The van der Waals surface area contributed by atoms with Gasteiger partial charge in [0.2, 0.25) is 0 Å². The normalized spacial score (nSPS) is 13.6. The third kappa shape index (κ3) is 8.42. The van der Waals surface area contributed by atoms with Crippen molar-refractivity contribution in [2.24, 2.45) is 10.3 Å². The van der Waals surface area contributed by atoms with E-state index in [0.717, 1.165) is 42.5 Å². The fourth-order valence-corrected chi connectivity index (χ4v) is 5.52. The standard InChI is InChI=1S/C24H18F6N2O6S4/c1-39-17-10-6-15(7-11-17)21(23(25,26)27)31-37-41(33,34)19-4-3-5-20(14-19)42(35,36)38-32-22(24(28,29)30)16-8-12-18(40-2)13-9-16/h3-14H,1-2H3/b31-21-,32-22-. The van der Waals surface area contributed by atoms with Gasteiger partial charge in [0.05, 0.1) is 0 Å².